The predicted molar refractivity (Wildman–Crippen MR) is 173 cm³/mol. The molecule has 56 heavy (non-hydrogen) atoms. The molecule has 0 radical (unpaired) electrons. The molecule has 8 rings (SSSR count). The first-order chi connectivity index (χ1) is 26.3. The predicted octanol–water partition coefficient (Wildman–Crippen LogP) is 0.356. The van der Waals surface area contributed by atoms with E-state index < -0.39 is 180 Å². The van der Waals surface area contributed by atoms with Crippen molar-refractivity contribution < 1.29 is 110 Å². The van der Waals surface area contributed by atoms with Crippen LogP contribution in [0.5, 0.6) is 69.0 Å². The first kappa shape index (κ1) is 36.6. The van der Waals surface area contributed by atoms with Crippen LogP contribution in [0.4, 0.5) is 0 Å². The molecule has 0 fully saturated rings. The highest BCUT2D eigenvalue weighted by molar-refractivity contribution is 6.11. The topological polar surface area (TPSA) is 388 Å². The number of aromatic hydroxyl groups is 12. The van der Waals surface area contributed by atoms with Crippen LogP contribution in [0.25, 0.3) is 22.3 Å². The third-order valence-corrected chi connectivity index (χ3v) is 9.33. The number of carbonyl (C=O) groups excluding carboxylic acids is 4. The van der Waals surface area contributed by atoms with Gasteiger partial charge in [0.1, 0.15) is 18.8 Å². The lowest BCUT2D eigenvalue weighted by molar-refractivity contribution is -0.153. The number of ether oxygens (including phenoxy) is 4. The first-order valence-electron chi connectivity index (χ1n) is 15.6. The molecule has 22 nitrogen and oxygen atoms in total. The number of phenolic OH excluding ortho intramolecular Hbond substituents is 12. The second-order valence-electron chi connectivity index (χ2n) is 12.5. The Morgan fingerprint density at radius 3 is 1.29 bits per heavy atom. The molecule has 22 heteroatoms. The van der Waals surface area contributed by atoms with Crippen molar-refractivity contribution in [3.8, 4) is 91.2 Å². The standard InChI is InChI=1S/C34H24O22/c35-8-1-5-12(21(42)18(8)39)13-6(2-9(36)19(40)22(13)43)32(50)54-28(11(38)4-53-31(5)49)30-29-26(47)17-16(34(52)55-29)15(24(45)27(48)25(17)46)14-7(33(51)56-30)3-10(37)20(41)23(14)44/h1-3,11,26,28-30,35-48H,4H2/t11-,26+,28-,29-,30+/m0/s1. The molecule has 4 aromatic carbocycles. The summed E-state index contributed by atoms with van der Waals surface area (Å²) in [4.78, 5) is 55.1. The third-order valence-electron chi connectivity index (χ3n) is 9.33. The fourth-order valence-electron chi connectivity index (χ4n) is 6.70. The van der Waals surface area contributed by atoms with E-state index in [0.717, 1.165) is 0 Å². The number of phenols is 12. The summed E-state index contributed by atoms with van der Waals surface area (Å²) in [6, 6.07) is 1.33. The molecular weight excluding hydrogens is 760 g/mol. The Kier molecular flexibility index (Phi) is 8.13. The monoisotopic (exact) mass is 784 g/mol. The molecule has 0 amide bonds. The third kappa shape index (κ3) is 5.03. The van der Waals surface area contributed by atoms with E-state index in [-0.39, 0.29) is 0 Å². The lowest BCUT2D eigenvalue weighted by Crippen LogP contribution is -2.55. The zero-order valence-electron chi connectivity index (χ0n) is 27.4. The van der Waals surface area contributed by atoms with E-state index in [2.05, 4.69) is 0 Å². The average Bonchev–Trinajstić information content (AvgIpc) is 3.16. The summed E-state index contributed by atoms with van der Waals surface area (Å²) < 4.78 is 21.3. The molecule has 4 aliphatic heterocycles. The molecule has 0 saturated carbocycles. The van der Waals surface area contributed by atoms with Gasteiger partial charge in [-0.1, -0.05) is 0 Å². The van der Waals surface area contributed by atoms with Gasteiger partial charge in [-0.15, -0.1) is 0 Å². The van der Waals surface area contributed by atoms with Crippen LogP contribution in [0.3, 0.4) is 0 Å². The molecule has 4 heterocycles. The van der Waals surface area contributed by atoms with Crippen molar-refractivity contribution >= 4 is 23.9 Å². The number of rotatable bonds is 1. The number of esters is 4. The van der Waals surface area contributed by atoms with Crippen LogP contribution in [0.15, 0.2) is 18.2 Å². The number of benzene rings is 4. The Bertz CT molecular complexity index is 2470. The molecular formula is C34H24O22. The normalized spacial score (nSPS) is 21.6. The number of hydrogen-bond acceptors (Lipinski definition) is 22. The van der Waals surface area contributed by atoms with Crippen LogP contribution in [0.1, 0.15) is 53.1 Å². The van der Waals surface area contributed by atoms with Gasteiger partial charge in [0.2, 0.25) is 23.0 Å². The van der Waals surface area contributed by atoms with Crippen molar-refractivity contribution in [2.75, 3.05) is 6.61 Å². The summed E-state index contributed by atoms with van der Waals surface area (Å²) in [7, 11) is 0. The van der Waals surface area contributed by atoms with Crippen molar-refractivity contribution in [3.63, 3.8) is 0 Å². The highest BCUT2D eigenvalue weighted by Crippen LogP contribution is 2.58. The quantitative estimate of drug-likeness (QED) is 0.0703. The number of fused-ring (bicyclic) bond motifs is 6. The minimum absolute atomic E-state index is 0.403. The smallest absolute Gasteiger partial charge is 0.339 e. The van der Waals surface area contributed by atoms with E-state index in [0.29, 0.717) is 18.2 Å². The van der Waals surface area contributed by atoms with Crippen LogP contribution in [-0.2, 0) is 18.9 Å². The maximum absolute atomic E-state index is 14.1. The average molecular weight is 785 g/mol. The van der Waals surface area contributed by atoms with Gasteiger partial charge in [-0.25, -0.2) is 19.2 Å². The van der Waals surface area contributed by atoms with Crippen molar-refractivity contribution in [3.05, 3.63) is 46.0 Å². The summed E-state index contributed by atoms with van der Waals surface area (Å²) in [5.41, 5.74) is -9.23. The van der Waals surface area contributed by atoms with Crippen LogP contribution in [0, 0.1) is 0 Å². The zero-order valence-corrected chi connectivity index (χ0v) is 27.4. The molecule has 4 aliphatic rings. The Morgan fingerprint density at radius 2 is 0.804 bits per heavy atom. The Balaban J connectivity index is 1.48. The van der Waals surface area contributed by atoms with Crippen LogP contribution >= 0.6 is 0 Å². The van der Waals surface area contributed by atoms with E-state index in [1.165, 1.54) is 0 Å². The minimum atomic E-state index is -2.55. The molecule has 292 valence electrons. The molecule has 14 N–H and O–H groups in total. The summed E-state index contributed by atoms with van der Waals surface area (Å²) in [6.07, 6.45) is -12.4. The summed E-state index contributed by atoms with van der Waals surface area (Å²) in [6.45, 7) is -1.31. The second-order valence-corrected chi connectivity index (χ2v) is 12.5. The molecule has 0 unspecified atom stereocenters. The Morgan fingerprint density at radius 1 is 0.411 bits per heavy atom. The number of aliphatic hydroxyl groups excluding tert-OH is 2. The van der Waals surface area contributed by atoms with Gasteiger partial charge in [0.15, 0.2) is 64.3 Å². The highest BCUT2D eigenvalue weighted by Gasteiger charge is 2.53. The maximum atomic E-state index is 14.1. The largest absolute Gasteiger partial charge is 0.504 e. The van der Waals surface area contributed by atoms with Gasteiger partial charge in [0.25, 0.3) is 0 Å². The van der Waals surface area contributed by atoms with Crippen molar-refractivity contribution in [2.45, 2.75) is 30.5 Å². The number of carbonyl (C=O) groups is 4. The van der Waals surface area contributed by atoms with Gasteiger partial charge in [0.05, 0.1) is 22.3 Å². The molecule has 4 bridgehead atoms. The molecule has 0 aliphatic carbocycles. The van der Waals surface area contributed by atoms with E-state index in [1.54, 1.807) is 0 Å². The van der Waals surface area contributed by atoms with E-state index in [4.69, 9.17) is 18.9 Å². The summed E-state index contributed by atoms with van der Waals surface area (Å²) >= 11 is 0. The van der Waals surface area contributed by atoms with E-state index >= 15 is 0 Å². The lowest BCUT2D eigenvalue weighted by Gasteiger charge is -2.40. The van der Waals surface area contributed by atoms with Crippen molar-refractivity contribution in [2.24, 2.45) is 0 Å². The molecule has 0 spiro atoms. The summed E-state index contributed by atoms with van der Waals surface area (Å²) in [5.74, 6) is -22.9. The highest BCUT2D eigenvalue weighted by atomic mass is 16.6. The van der Waals surface area contributed by atoms with Gasteiger partial charge in [-0.05, 0) is 18.2 Å². The number of aliphatic hydroxyl groups is 2. The van der Waals surface area contributed by atoms with Gasteiger partial charge in [-0.3, -0.25) is 0 Å². The zero-order chi connectivity index (χ0) is 41.0. The van der Waals surface area contributed by atoms with E-state index in [9.17, 15) is 90.7 Å². The summed E-state index contributed by atoms with van der Waals surface area (Å²) in [5, 5.41) is 150. The molecule has 5 atom stereocenters. The van der Waals surface area contributed by atoms with Gasteiger partial charge < -0.3 is 90.4 Å². The fourth-order valence-corrected chi connectivity index (χ4v) is 6.70. The molecule has 4 aromatic rings. The molecule has 0 aromatic heterocycles. The fraction of sp³-hybridized carbons (Fsp3) is 0.176. The Labute approximate surface area is 307 Å². The van der Waals surface area contributed by atoms with Crippen LogP contribution in [0.2, 0.25) is 0 Å². The number of hydrogen-bond donors (Lipinski definition) is 14. The SMILES string of the molecule is O=C1OC[C@H](O)[C@@H]([C@H]2OC(=O)c3cc(O)c(O)c(O)c3-c3c(O)c(O)c(O)c4c3C(=O)O[C@H]2[C@@H]4O)OC(=O)c2cc(O)c(O)c(O)c2-c2c1cc(O)c(O)c2O. The van der Waals surface area contributed by atoms with Crippen molar-refractivity contribution in [1.82, 2.24) is 0 Å². The number of cyclic esters (lactones) is 2. The lowest BCUT2D eigenvalue weighted by atomic mass is 9.82. The first-order valence-corrected chi connectivity index (χ1v) is 15.6. The van der Waals surface area contributed by atoms with Crippen LogP contribution in [-0.4, -0.2) is 126 Å². The minimum Gasteiger partial charge on any atom is -0.504 e. The maximum Gasteiger partial charge on any atom is 0.339 e. The van der Waals surface area contributed by atoms with Gasteiger partial charge >= 0.3 is 23.9 Å². The Hall–Kier alpha value is -7.72. The second kappa shape index (κ2) is 12.4. The van der Waals surface area contributed by atoms with Gasteiger partial charge in [0, 0.05) is 27.8 Å². The van der Waals surface area contributed by atoms with Crippen LogP contribution < -0.4 is 0 Å². The van der Waals surface area contributed by atoms with Crippen molar-refractivity contribution in [1.29, 1.82) is 0 Å². The van der Waals surface area contributed by atoms with Gasteiger partial charge in [-0.2, -0.15) is 0 Å². The van der Waals surface area contributed by atoms with E-state index in [1.807, 2.05) is 0 Å². The molecule has 0 saturated heterocycles.